The van der Waals surface area contributed by atoms with Gasteiger partial charge in [-0.3, -0.25) is 14.0 Å². The Hall–Kier alpha value is -2.51. The minimum atomic E-state index is -0.320. The third-order valence-electron chi connectivity index (χ3n) is 5.65. The Balaban J connectivity index is 1.40. The van der Waals surface area contributed by atoms with Gasteiger partial charge in [-0.15, -0.1) is 11.3 Å². The Morgan fingerprint density at radius 1 is 1.22 bits per heavy atom. The first kappa shape index (κ1) is 16.6. The number of carbonyl (C=O) groups excluding carboxylic acids is 1. The summed E-state index contributed by atoms with van der Waals surface area (Å²) in [5.41, 5.74) is 1.35. The van der Waals surface area contributed by atoms with Gasteiger partial charge >= 0.3 is 0 Å². The zero-order valence-corrected chi connectivity index (χ0v) is 15.6. The number of ether oxygens (including phenoxy) is 1. The van der Waals surface area contributed by atoms with Crippen LogP contribution in [0.2, 0.25) is 0 Å². The van der Waals surface area contributed by atoms with Crippen molar-refractivity contribution in [2.45, 2.75) is 24.9 Å². The maximum Gasteiger partial charge on any atom is 0.270 e. The molecular weight excluding hydrogens is 362 g/mol. The normalized spacial score (nSPS) is 18.6. The lowest BCUT2D eigenvalue weighted by Crippen LogP contribution is -2.48. The molecule has 0 saturated carbocycles. The second kappa shape index (κ2) is 6.28. The highest BCUT2D eigenvalue weighted by Crippen LogP contribution is 2.43. The lowest BCUT2D eigenvalue weighted by molar-refractivity contribution is -0.0926. The van der Waals surface area contributed by atoms with E-state index in [4.69, 9.17) is 4.74 Å². The van der Waals surface area contributed by atoms with Gasteiger partial charge in [0.2, 0.25) is 0 Å². The molecule has 138 valence electrons. The molecule has 0 bridgehead atoms. The van der Waals surface area contributed by atoms with E-state index in [2.05, 4.69) is 16.4 Å². The minimum Gasteiger partial charge on any atom is -0.370 e. The molecule has 0 radical (unpaired) electrons. The molecule has 0 N–H and O–H groups in total. The van der Waals surface area contributed by atoms with Crippen molar-refractivity contribution >= 4 is 22.9 Å². The first-order valence-electron chi connectivity index (χ1n) is 9.14. The molecule has 0 aromatic carbocycles. The van der Waals surface area contributed by atoms with E-state index in [1.165, 1.54) is 21.0 Å². The van der Waals surface area contributed by atoms with Crippen molar-refractivity contribution in [2.24, 2.45) is 0 Å². The standard InChI is InChI=1S/C20H19N3O3S/c24-18(14-13-21-17-3-1-2-8-23(17)19(14)25)22-9-6-20(7-10-22)15-5-12-27-16(15)4-11-26-20/h1-3,5,8,12-13H,4,6-7,9-11H2. The Kier molecular flexibility index (Phi) is 3.87. The van der Waals surface area contributed by atoms with Crippen molar-refractivity contribution in [3.05, 3.63) is 68.4 Å². The molecule has 0 atom stereocenters. The van der Waals surface area contributed by atoms with Crippen molar-refractivity contribution in [1.29, 1.82) is 0 Å². The molecule has 2 aliphatic heterocycles. The smallest absolute Gasteiger partial charge is 0.270 e. The average Bonchev–Trinajstić information content (AvgIpc) is 3.19. The Morgan fingerprint density at radius 3 is 2.93 bits per heavy atom. The Bertz CT molecular complexity index is 1080. The van der Waals surface area contributed by atoms with Gasteiger partial charge in [-0.2, -0.15) is 0 Å². The van der Waals surface area contributed by atoms with Crippen molar-refractivity contribution in [1.82, 2.24) is 14.3 Å². The maximum atomic E-state index is 13.0. The van der Waals surface area contributed by atoms with Crippen LogP contribution in [-0.4, -0.2) is 39.9 Å². The van der Waals surface area contributed by atoms with Gasteiger partial charge in [-0.05, 0) is 42.0 Å². The van der Waals surface area contributed by atoms with E-state index in [9.17, 15) is 9.59 Å². The SMILES string of the molecule is O=C(c1cnc2ccccn2c1=O)N1CCC2(CC1)OCCc1sccc12. The number of nitrogens with zero attached hydrogens (tertiary/aromatic N) is 3. The maximum absolute atomic E-state index is 13.0. The first-order chi connectivity index (χ1) is 13.2. The number of rotatable bonds is 1. The molecule has 6 nitrogen and oxygen atoms in total. The molecule has 2 aliphatic rings. The summed E-state index contributed by atoms with van der Waals surface area (Å²) in [4.78, 5) is 33.1. The molecule has 7 heteroatoms. The molecule has 3 aromatic rings. The number of thiophene rings is 1. The van der Waals surface area contributed by atoms with Crippen molar-refractivity contribution < 1.29 is 9.53 Å². The fraction of sp³-hybridized carbons (Fsp3) is 0.350. The number of amides is 1. The Labute approximate surface area is 160 Å². The van der Waals surface area contributed by atoms with Gasteiger partial charge in [0.05, 0.1) is 12.2 Å². The van der Waals surface area contributed by atoms with Crippen LogP contribution < -0.4 is 5.56 Å². The summed E-state index contributed by atoms with van der Waals surface area (Å²) < 4.78 is 7.61. The minimum absolute atomic E-state index is 0.121. The summed E-state index contributed by atoms with van der Waals surface area (Å²) in [6.07, 6.45) is 5.52. The van der Waals surface area contributed by atoms with Gasteiger partial charge in [-0.25, -0.2) is 4.98 Å². The van der Waals surface area contributed by atoms with Gasteiger partial charge in [0, 0.05) is 36.8 Å². The summed E-state index contributed by atoms with van der Waals surface area (Å²) in [5.74, 6) is -0.248. The highest BCUT2D eigenvalue weighted by atomic mass is 32.1. The lowest BCUT2D eigenvalue weighted by Gasteiger charge is -2.44. The summed E-state index contributed by atoms with van der Waals surface area (Å²) in [6, 6.07) is 7.49. The van der Waals surface area contributed by atoms with Crippen LogP contribution in [0.1, 0.15) is 33.6 Å². The zero-order valence-electron chi connectivity index (χ0n) is 14.8. The molecular formula is C20H19N3O3S. The Morgan fingerprint density at radius 2 is 2.07 bits per heavy atom. The van der Waals surface area contributed by atoms with Gasteiger partial charge in [0.1, 0.15) is 11.2 Å². The second-order valence-electron chi connectivity index (χ2n) is 7.05. The number of carbonyl (C=O) groups is 1. The van der Waals surface area contributed by atoms with E-state index in [1.807, 2.05) is 6.07 Å². The van der Waals surface area contributed by atoms with E-state index in [-0.39, 0.29) is 22.6 Å². The molecule has 0 unspecified atom stereocenters. The second-order valence-corrected chi connectivity index (χ2v) is 8.05. The van der Waals surface area contributed by atoms with Gasteiger partial charge in [0.15, 0.2) is 0 Å². The highest BCUT2D eigenvalue weighted by molar-refractivity contribution is 7.10. The monoisotopic (exact) mass is 381 g/mol. The summed E-state index contributed by atoms with van der Waals surface area (Å²) >= 11 is 1.79. The van der Waals surface area contributed by atoms with E-state index in [1.54, 1.807) is 34.6 Å². The molecule has 1 amide bonds. The quantitative estimate of drug-likeness (QED) is 0.650. The third kappa shape index (κ3) is 2.61. The third-order valence-corrected chi connectivity index (χ3v) is 6.63. The van der Waals surface area contributed by atoms with Gasteiger partial charge in [-0.1, -0.05) is 6.07 Å². The highest BCUT2D eigenvalue weighted by Gasteiger charge is 2.42. The van der Waals surface area contributed by atoms with Crippen LogP contribution in [0.4, 0.5) is 0 Å². The van der Waals surface area contributed by atoms with Crippen molar-refractivity contribution in [3.63, 3.8) is 0 Å². The van der Waals surface area contributed by atoms with Crippen LogP contribution in [0.25, 0.3) is 5.65 Å². The summed E-state index contributed by atoms with van der Waals surface area (Å²) in [5, 5.41) is 2.13. The fourth-order valence-electron chi connectivity index (χ4n) is 4.19. The number of fused-ring (bicyclic) bond motifs is 3. The van der Waals surface area contributed by atoms with E-state index in [0.29, 0.717) is 18.7 Å². The van der Waals surface area contributed by atoms with E-state index >= 15 is 0 Å². The molecule has 5 heterocycles. The summed E-state index contributed by atoms with van der Waals surface area (Å²) in [7, 11) is 0. The number of hydrogen-bond donors (Lipinski definition) is 0. The van der Waals surface area contributed by atoms with Crippen LogP contribution in [0.5, 0.6) is 0 Å². The van der Waals surface area contributed by atoms with Crippen molar-refractivity contribution in [2.75, 3.05) is 19.7 Å². The first-order valence-corrected chi connectivity index (χ1v) is 10.0. The predicted molar refractivity (Wildman–Crippen MR) is 102 cm³/mol. The molecule has 0 aliphatic carbocycles. The van der Waals surface area contributed by atoms with Crippen LogP contribution >= 0.6 is 11.3 Å². The zero-order chi connectivity index (χ0) is 18.4. The number of hydrogen-bond acceptors (Lipinski definition) is 5. The largest absolute Gasteiger partial charge is 0.370 e. The van der Waals surface area contributed by atoms with Gasteiger partial charge < -0.3 is 9.64 Å². The number of piperidine rings is 1. The van der Waals surface area contributed by atoms with E-state index < -0.39 is 0 Å². The van der Waals surface area contributed by atoms with Gasteiger partial charge in [0.25, 0.3) is 11.5 Å². The molecule has 27 heavy (non-hydrogen) atoms. The molecule has 1 saturated heterocycles. The topological polar surface area (TPSA) is 63.9 Å². The number of aromatic nitrogens is 2. The van der Waals surface area contributed by atoms with E-state index in [0.717, 1.165) is 25.9 Å². The average molecular weight is 381 g/mol. The van der Waals surface area contributed by atoms with Crippen LogP contribution in [-0.2, 0) is 16.8 Å². The molecule has 1 fully saturated rings. The fourth-order valence-corrected chi connectivity index (χ4v) is 5.14. The molecule has 3 aromatic heterocycles. The lowest BCUT2D eigenvalue weighted by atomic mass is 9.82. The van der Waals surface area contributed by atoms with Crippen molar-refractivity contribution in [3.8, 4) is 0 Å². The van der Waals surface area contributed by atoms with Crippen LogP contribution in [0.15, 0.2) is 46.8 Å². The van der Waals surface area contributed by atoms with Crippen LogP contribution in [0.3, 0.4) is 0 Å². The number of likely N-dealkylation sites (tertiary alicyclic amines) is 1. The molecule has 5 rings (SSSR count). The summed E-state index contributed by atoms with van der Waals surface area (Å²) in [6.45, 7) is 1.88. The predicted octanol–water partition coefficient (Wildman–Crippen LogP) is 2.46. The molecule has 1 spiro atoms. The number of pyridine rings is 1. The van der Waals surface area contributed by atoms with Crippen LogP contribution in [0, 0.1) is 0 Å².